The van der Waals surface area contributed by atoms with Crippen LogP contribution in [0.3, 0.4) is 0 Å². The van der Waals surface area contributed by atoms with Gasteiger partial charge in [-0.2, -0.15) is 0 Å². The van der Waals surface area contributed by atoms with Gasteiger partial charge < -0.3 is 15.7 Å². The molecule has 1 aromatic rings. The highest BCUT2D eigenvalue weighted by molar-refractivity contribution is 6.30. The number of hydrogen-bond donors (Lipinski definition) is 2. The van der Waals surface area contributed by atoms with E-state index < -0.39 is 6.09 Å². The summed E-state index contributed by atoms with van der Waals surface area (Å²) in [6.45, 7) is 2.99. The van der Waals surface area contributed by atoms with Gasteiger partial charge in [0.1, 0.15) is 16.8 Å². The third-order valence-electron chi connectivity index (χ3n) is 4.02. The molecule has 1 fully saturated rings. The molecule has 2 rings (SSSR count). The molecule has 1 aliphatic heterocycles. The normalized spacial score (nSPS) is 19.3. The summed E-state index contributed by atoms with van der Waals surface area (Å²) in [7, 11) is 0. The summed E-state index contributed by atoms with van der Waals surface area (Å²) in [6, 6.07) is 0. The average Bonchev–Trinajstić information content (AvgIpc) is 2.63. The van der Waals surface area contributed by atoms with Crippen LogP contribution in [0.2, 0.25) is 5.15 Å². The van der Waals surface area contributed by atoms with Crippen LogP contribution in [0.5, 0.6) is 0 Å². The van der Waals surface area contributed by atoms with Crippen LogP contribution in [-0.2, 0) is 6.42 Å². The number of likely N-dealkylation sites (tertiary alicyclic amines) is 1. The molecule has 0 bridgehead atoms. The molecule has 0 unspecified atom stereocenters. The molecule has 21 heavy (non-hydrogen) atoms. The van der Waals surface area contributed by atoms with E-state index in [-0.39, 0.29) is 0 Å². The molecule has 1 amide bonds. The summed E-state index contributed by atoms with van der Waals surface area (Å²) >= 11 is 6.13. The summed E-state index contributed by atoms with van der Waals surface area (Å²) in [5.41, 5.74) is 6.72. The highest BCUT2D eigenvalue weighted by Crippen LogP contribution is 2.26. The second kappa shape index (κ2) is 6.93. The summed E-state index contributed by atoms with van der Waals surface area (Å²) in [6.07, 6.45) is 3.68. The van der Waals surface area contributed by atoms with Crippen LogP contribution >= 0.6 is 11.6 Å². The maximum absolute atomic E-state index is 11.0. The Bertz CT molecular complexity index is 501. The first-order valence-corrected chi connectivity index (χ1v) is 7.61. The topological polar surface area (TPSA) is 92.3 Å². The van der Waals surface area contributed by atoms with E-state index in [1.54, 1.807) is 6.92 Å². The Morgan fingerprint density at radius 1 is 1.43 bits per heavy atom. The van der Waals surface area contributed by atoms with Crippen molar-refractivity contribution in [2.75, 3.05) is 18.8 Å². The van der Waals surface area contributed by atoms with Crippen LogP contribution in [0.1, 0.15) is 37.1 Å². The SMILES string of the molecule is Cc1nc(N)c(CC[C@H]2CCCN(C(=O)O)CC2)c(Cl)n1. The second-order valence-electron chi connectivity index (χ2n) is 5.53. The number of halogens is 1. The molecule has 6 nitrogen and oxygen atoms in total. The fourth-order valence-corrected chi connectivity index (χ4v) is 3.12. The van der Waals surface area contributed by atoms with E-state index in [0.717, 1.165) is 37.7 Å². The number of carboxylic acid groups (broad SMARTS) is 1. The molecule has 2 heterocycles. The largest absolute Gasteiger partial charge is 0.465 e. The van der Waals surface area contributed by atoms with Crippen molar-refractivity contribution < 1.29 is 9.90 Å². The van der Waals surface area contributed by atoms with Gasteiger partial charge in [-0.25, -0.2) is 14.8 Å². The van der Waals surface area contributed by atoms with E-state index >= 15 is 0 Å². The van der Waals surface area contributed by atoms with Gasteiger partial charge in [-0.15, -0.1) is 0 Å². The van der Waals surface area contributed by atoms with E-state index in [1.165, 1.54) is 4.90 Å². The number of anilines is 1. The van der Waals surface area contributed by atoms with Crippen molar-refractivity contribution in [1.29, 1.82) is 0 Å². The molecule has 0 radical (unpaired) electrons. The lowest BCUT2D eigenvalue weighted by Crippen LogP contribution is -2.30. The van der Waals surface area contributed by atoms with Gasteiger partial charge in [-0.05, 0) is 44.9 Å². The van der Waals surface area contributed by atoms with E-state index in [2.05, 4.69) is 9.97 Å². The summed E-state index contributed by atoms with van der Waals surface area (Å²) in [5.74, 6) is 1.52. The number of amides is 1. The van der Waals surface area contributed by atoms with Crippen LogP contribution in [0.4, 0.5) is 10.6 Å². The summed E-state index contributed by atoms with van der Waals surface area (Å²) in [4.78, 5) is 20.8. The van der Waals surface area contributed by atoms with Crippen LogP contribution in [0.25, 0.3) is 0 Å². The first-order chi connectivity index (χ1) is 9.97. The van der Waals surface area contributed by atoms with Crippen molar-refractivity contribution in [2.24, 2.45) is 5.92 Å². The maximum atomic E-state index is 11.0. The summed E-state index contributed by atoms with van der Waals surface area (Å²) < 4.78 is 0. The number of nitrogens with two attached hydrogens (primary N) is 1. The standard InChI is InChI=1S/C14H21ClN4O2/c1-9-17-12(15)11(13(16)18-9)5-4-10-3-2-7-19(8-6-10)14(20)21/h10H,2-8H2,1H3,(H,20,21)(H2,16,17,18)/t10-/m1/s1. The van der Waals surface area contributed by atoms with Crippen molar-refractivity contribution in [3.05, 3.63) is 16.5 Å². The van der Waals surface area contributed by atoms with Gasteiger partial charge in [0, 0.05) is 18.7 Å². The molecular formula is C14H21ClN4O2. The lowest BCUT2D eigenvalue weighted by Gasteiger charge is -2.17. The minimum atomic E-state index is -0.824. The number of hydrogen-bond acceptors (Lipinski definition) is 4. The quantitative estimate of drug-likeness (QED) is 0.837. The maximum Gasteiger partial charge on any atom is 0.407 e. The Morgan fingerprint density at radius 3 is 2.86 bits per heavy atom. The van der Waals surface area contributed by atoms with Gasteiger partial charge in [0.25, 0.3) is 0 Å². The number of rotatable bonds is 3. The molecule has 1 aliphatic rings. The monoisotopic (exact) mass is 312 g/mol. The van der Waals surface area contributed by atoms with Gasteiger partial charge >= 0.3 is 6.09 Å². The van der Waals surface area contributed by atoms with Crippen LogP contribution in [-0.4, -0.2) is 39.2 Å². The van der Waals surface area contributed by atoms with Gasteiger partial charge in [0.2, 0.25) is 0 Å². The van der Waals surface area contributed by atoms with Crippen LogP contribution in [0.15, 0.2) is 0 Å². The average molecular weight is 313 g/mol. The predicted molar refractivity (Wildman–Crippen MR) is 81.5 cm³/mol. The first-order valence-electron chi connectivity index (χ1n) is 7.23. The number of aromatic nitrogens is 2. The number of nitrogen functional groups attached to an aromatic ring is 1. The molecule has 0 spiro atoms. The molecule has 0 aliphatic carbocycles. The fraction of sp³-hybridized carbons (Fsp3) is 0.643. The van der Waals surface area contributed by atoms with Crippen molar-refractivity contribution in [1.82, 2.24) is 14.9 Å². The molecule has 7 heteroatoms. The third kappa shape index (κ3) is 4.20. The molecule has 1 atom stereocenters. The Hall–Kier alpha value is -1.56. The highest BCUT2D eigenvalue weighted by atomic mass is 35.5. The smallest absolute Gasteiger partial charge is 0.407 e. The lowest BCUT2D eigenvalue weighted by atomic mass is 9.93. The second-order valence-corrected chi connectivity index (χ2v) is 5.89. The number of carbonyl (C=O) groups is 1. The van der Waals surface area contributed by atoms with E-state index in [4.69, 9.17) is 22.4 Å². The molecule has 1 saturated heterocycles. The Kier molecular flexibility index (Phi) is 5.22. The van der Waals surface area contributed by atoms with Crippen molar-refractivity contribution >= 4 is 23.5 Å². The Morgan fingerprint density at radius 2 is 2.19 bits per heavy atom. The third-order valence-corrected chi connectivity index (χ3v) is 4.33. The molecule has 0 saturated carbocycles. The Labute approximate surface area is 129 Å². The van der Waals surface area contributed by atoms with Crippen LogP contribution in [0, 0.1) is 12.8 Å². The highest BCUT2D eigenvalue weighted by Gasteiger charge is 2.20. The van der Waals surface area contributed by atoms with Crippen molar-refractivity contribution in [2.45, 2.75) is 39.0 Å². The van der Waals surface area contributed by atoms with E-state index in [1.807, 2.05) is 0 Å². The van der Waals surface area contributed by atoms with Gasteiger partial charge in [-0.1, -0.05) is 11.6 Å². The zero-order chi connectivity index (χ0) is 15.4. The van der Waals surface area contributed by atoms with E-state index in [0.29, 0.717) is 35.8 Å². The van der Waals surface area contributed by atoms with Crippen molar-refractivity contribution in [3.8, 4) is 0 Å². The zero-order valence-corrected chi connectivity index (χ0v) is 12.9. The van der Waals surface area contributed by atoms with Crippen molar-refractivity contribution in [3.63, 3.8) is 0 Å². The number of aryl methyl sites for hydroxylation is 1. The number of nitrogens with zero attached hydrogens (tertiary/aromatic N) is 3. The van der Waals surface area contributed by atoms with Gasteiger partial charge in [0.05, 0.1) is 0 Å². The molecule has 3 N–H and O–H groups in total. The van der Waals surface area contributed by atoms with Gasteiger partial charge in [0.15, 0.2) is 0 Å². The predicted octanol–water partition coefficient (Wildman–Crippen LogP) is 2.73. The zero-order valence-electron chi connectivity index (χ0n) is 12.2. The molecule has 0 aromatic carbocycles. The van der Waals surface area contributed by atoms with E-state index in [9.17, 15) is 4.79 Å². The fourth-order valence-electron chi connectivity index (χ4n) is 2.81. The first kappa shape index (κ1) is 15.8. The minimum Gasteiger partial charge on any atom is -0.465 e. The minimum absolute atomic E-state index is 0.431. The Balaban J connectivity index is 1.93. The van der Waals surface area contributed by atoms with Crippen LogP contribution < -0.4 is 5.73 Å². The molecule has 1 aromatic heterocycles. The molecule has 116 valence electrons. The van der Waals surface area contributed by atoms with Gasteiger partial charge in [-0.3, -0.25) is 0 Å². The molecular weight excluding hydrogens is 292 g/mol. The summed E-state index contributed by atoms with van der Waals surface area (Å²) in [5, 5.41) is 9.46. The lowest BCUT2D eigenvalue weighted by molar-refractivity contribution is 0.146.